The van der Waals surface area contributed by atoms with E-state index in [4.69, 9.17) is 15.7 Å². The Morgan fingerprint density at radius 3 is 2.63 bits per heavy atom. The third-order valence-electron chi connectivity index (χ3n) is 2.92. The van der Waals surface area contributed by atoms with Gasteiger partial charge in [-0.05, 0) is 18.2 Å². The van der Waals surface area contributed by atoms with Crippen LogP contribution < -0.4 is 15.4 Å². The molecule has 0 radical (unpaired) electrons. The van der Waals surface area contributed by atoms with Crippen LogP contribution in [-0.4, -0.2) is 14.2 Å². The zero-order valence-corrected chi connectivity index (χ0v) is 10.9. The van der Waals surface area contributed by atoms with Gasteiger partial charge >= 0.3 is 0 Å². The molecule has 0 unspecified atom stereocenters. The summed E-state index contributed by atoms with van der Waals surface area (Å²) >= 11 is 0. The smallest absolute Gasteiger partial charge is 0.122 e. The van der Waals surface area contributed by atoms with Gasteiger partial charge in [0.1, 0.15) is 11.8 Å². The largest absolute Gasteiger partial charge is 0.497 e. The molecule has 19 heavy (non-hydrogen) atoms. The predicted molar refractivity (Wildman–Crippen MR) is 76.6 cm³/mol. The molecule has 0 atom stereocenters. The number of para-hydroxylation sites is 1. The molecule has 2 aromatic carbocycles. The summed E-state index contributed by atoms with van der Waals surface area (Å²) in [7, 11) is 3.49. The van der Waals surface area contributed by atoms with Crippen molar-refractivity contribution < 1.29 is 4.74 Å². The Kier molecular flexibility index (Phi) is 3.58. The van der Waals surface area contributed by atoms with E-state index >= 15 is 0 Å². The van der Waals surface area contributed by atoms with Gasteiger partial charge in [0.25, 0.3) is 0 Å². The lowest BCUT2D eigenvalue weighted by Crippen LogP contribution is -2.11. The Labute approximate surface area is 112 Å². The average Bonchev–Trinajstić information content (AvgIpc) is 2.45. The highest BCUT2D eigenvalue weighted by Gasteiger charge is 2.10. The Morgan fingerprint density at radius 2 is 1.95 bits per heavy atom. The highest BCUT2D eigenvalue weighted by atomic mass is 16.5. The molecule has 2 N–H and O–H groups in total. The van der Waals surface area contributed by atoms with Crippen molar-refractivity contribution in [1.29, 1.82) is 5.26 Å². The van der Waals surface area contributed by atoms with Gasteiger partial charge in [0.05, 0.1) is 18.4 Å². The topological polar surface area (TPSA) is 62.3 Å². The Hall–Kier alpha value is -2.67. The molecule has 0 bridgehead atoms. The second-order valence-electron chi connectivity index (χ2n) is 4.15. The highest BCUT2D eigenvalue weighted by molar-refractivity contribution is 5.72. The number of ether oxygens (including phenoxy) is 1. The van der Waals surface area contributed by atoms with E-state index in [-0.39, 0.29) is 0 Å². The molecule has 0 fully saturated rings. The maximum Gasteiger partial charge on any atom is 0.122 e. The third-order valence-corrected chi connectivity index (χ3v) is 2.92. The first-order chi connectivity index (χ1) is 9.15. The van der Waals surface area contributed by atoms with Crippen LogP contribution in [0.1, 0.15) is 5.56 Å². The molecule has 0 spiro atoms. The predicted octanol–water partition coefficient (Wildman–Crippen LogP) is 2.92. The quantitative estimate of drug-likeness (QED) is 0.854. The molecule has 4 nitrogen and oxygen atoms in total. The number of nitriles is 1. The van der Waals surface area contributed by atoms with Crippen molar-refractivity contribution in [3.8, 4) is 11.8 Å². The molecule has 4 heteroatoms. The first-order valence-electron chi connectivity index (χ1n) is 5.83. The summed E-state index contributed by atoms with van der Waals surface area (Å²) in [5.41, 5.74) is 8.79. The van der Waals surface area contributed by atoms with Crippen molar-refractivity contribution in [2.45, 2.75) is 0 Å². The third kappa shape index (κ3) is 2.61. The van der Waals surface area contributed by atoms with E-state index in [1.807, 2.05) is 42.3 Å². The number of nitrogens with zero attached hydrogens (tertiary/aromatic N) is 2. The summed E-state index contributed by atoms with van der Waals surface area (Å²) in [5, 5.41) is 9.14. The number of benzene rings is 2. The number of nitrogen functional groups attached to an aromatic ring is 1. The van der Waals surface area contributed by atoms with Gasteiger partial charge in [0.15, 0.2) is 0 Å². The first-order valence-corrected chi connectivity index (χ1v) is 5.83. The zero-order valence-electron chi connectivity index (χ0n) is 10.9. The Balaban J connectivity index is 2.47. The van der Waals surface area contributed by atoms with E-state index in [1.54, 1.807) is 19.2 Å². The van der Waals surface area contributed by atoms with Crippen molar-refractivity contribution >= 4 is 17.1 Å². The minimum atomic E-state index is 0.617. The average molecular weight is 253 g/mol. The lowest BCUT2D eigenvalue weighted by Gasteiger charge is -2.21. The summed E-state index contributed by atoms with van der Waals surface area (Å²) in [6, 6.07) is 15.1. The lowest BCUT2D eigenvalue weighted by molar-refractivity contribution is 0.415. The molecule has 0 aliphatic rings. The van der Waals surface area contributed by atoms with Crippen molar-refractivity contribution in [2.24, 2.45) is 0 Å². The number of methoxy groups -OCH3 is 1. The van der Waals surface area contributed by atoms with Crippen LogP contribution in [0.2, 0.25) is 0 Å². The van der Waals surface area contributed by atoms with Crippen LogP contribution in [0.4, 0.5) is 17.1 Å². The van der Waals surface area contributed by atoms with Gasteiger partial charge in [-0.15, -0.1) is 0 Å². The van der Waals surface area contributed by atoms with Gasteiger partial charge < -0.3 is 15.4 Å². The summed E-state index contributed by atoms with van der Waals surface area (Å²) in [4.78, 5) is 1.91. The van der Waals surface area contributed by atoms with E-state index in [9.17, 15) is 0 Å². The molecule has 2 rings (SSSR count). The highest BCUT2D eigenvalue weighted by Crippen LogP contribution is 2.31. The number of hydrogen-bond donors (Lipinski definition) is 1. The van der Waals surface area contributed by atoms with E-state index < -0.39 is 0 Å². The Morgan fingerprint density at radius 1 is 1.21 bits per heavy atom. The van der Waals surface area contributed by atoms with Crippen molar-refractivity contribution in [3.05, 3.63) is 48.0 Å². The molecule has 0 saturated carbocycles. The fraction of sp³-hybridized carbons (Fsp3) is 0.133. The minimum Gasteiger partial charge on any atom is -0.497 e. The molecule has 0 aromatic heterocycles. The van der Waals surface area contributed by atoms with Crippen LogP contribution in [0.3, 0.4) is 0 Å². The molecule has 0 amide bonds. The second-order valence-corrected chi connectivity index (χ2v) is 4.15. The van der Waals surface area contributed by atoms with E-state index in [1.165, 1.54) is 0 Å². The van der Waals surface area contributed by atoms with Gasteiger partial charge in [-0.2, -0.15) is 5.26 Å². The normalized spacial score (nSPS) is 9.74. The summed E-state index contributed by atoms with van der Waals surface area (Å²) in [5.74, 6) is 0.691. The number of rotatable bonds is 3. The molecular formula is C15H15N3O. The van der Waals surface area contributed by atoms with Crippen molar-refractivity contribution in [3.63, 3.8) is 0 Å². The van der Waals surface area contributed by atoms with Crippen LogP contribution in [0.25, 0.3) is 0 Å². The van der Waals surface area contributed by atoms with Gasteiger partial charge in [-0.3, -0.25) is 0 Å². The van der Waals surface area contributed by atoms with E-state index in [0.29, 0.717) is 17.0 Å². The fourth-order valence-electron chi connectivity index (χ4n) is 1.92. The summed E-state index contributed by atoms with van der Waals surface area (Å²) < 4.78 is 5.21. The van der Waals surface area contributed by atoms with Crippen molar-refractivity contribution in [1.82, 2.24) is 0 Å². The SMILES string of the molecule is COc1cc(N)cc(N(C)c2ccccc2C#N)c1. The zero-order chi connectivity index (χ0) is 13.8. The van der Waals surface area contributed by atoms with Crippen LogP contribution in [-0.2, 0) is 0 Å². The molecule has 0 aliphatic heterocycles. The number of anilines is 3. The van der Waals surface area contributed by atoms with E-state index in [0.717, 1.165) is 11.4 Å². The van der Waals surface area contributed by atoms with Gasteiger partial charge in [0.2, 0.25) is 0 Å². The fourth-order valence-corrected chi connectivity index (χ4v) is 1.92. The van der Waals surface area contributed by atoms with Gasteiger partial charge in [-0.25, -0.2) is 0 Å². The number of hydrogen-bond acceptors (Lipinski definition) is 4. The van der Waals surface area contributed by atoms with Gasteiger partial charge in [0, 0.05) is 30.6 Å². The van der Waals surface area contributed by atoms with Crippen LogP contribution >= 0.6 is 0 Å². The molecule has 0 saturated heterocycles. The van der Waals surface area contributed by atoms with Gasteiger partial charge in [-0.1, -0.05) is 12.1 Å². The number of nitrogens with two attached hydrogens (primary N) is 1. The summed E-state index contributed by atoms with van der Waals surface area (Å²) in [6.45, 7) is 0. The molecule has 0 heterocycles. The molecule has 96 valence electrons. The minimum absolute atomic E-state index is 0.617. The van der Waals surface area contributed by atoms with E-state index in [2.05, 4.69) is 6.07 Å². The monoisotopic (exact) mass is 253 g/mol. The van der Waals surface area contributed by atoms with Crippen LogP contribution in [0, 0.1) is 11.3 Å². The lowest BCUT2D eigenvalue weighted by atomic mass is 10.1. The molecular weight excluding hydrogens is 238 g/mol. The van der Waals surface area contributed by atoms with Crippen LogP contribution in [0.5, 0.6) is 5.75 Å². The Bertz CT molecular complexity index is 632. The molecule has 2 aromatic rings. The maximum atomic E-state index is 9.14. The maximum absolute atomic E-state index is 9.14. The first kappa shape index (κ1) is 12.8. The standard InChI is InChI=1S/C15H15N3O/c1-18(15-6-4-3-5-11(15)10-16)13-7-12(17)8-14(9-13)19-2/h3-9H,17H2,1-2H3. The molecule has 0 aliphatic carbocycles. The summed E-state index contributed by atoms with van der Waals surface area (Å²) in [6.07, 6.45) is 0. The second kappa shape index (κ2) is 5.32. The van der Waals surface area contributed by atoms with Crippen molar-refractivity contribution in [2.75, 3.05) is 24.8 Å². The van der Waals surface area contributed by atoms with Crippen LogP contribution in [0.15, 0.2) is 42.5 Å².